The third kappa shape index (κ3) is 4.90. The van der Waals surface area contributed by atoms with Gasteiger partial charge in [-0.15, -0.1) is 12.4 Å². The van der Waals surface area contributed by atoms with E-state index in [9.17, 15) is 4.79 Å². The van der Waals surface area contributed by atoms with Crippen LogP contribution in [0, 0.1) is 0 Å². The first-order valence-corrected chi connectivity index (χ1v) is 9.61. The first-order valence-electron chi connectivity index (χ1n) is 9.61. The maximum atomic E-state index is 11.1. The summed E-state index contributed by atoms with van der Waals surface area (Å²) in [5.74, 6) is 0.835. The van der Waals surface area contributed by atoms with E-state index in [-0.39, 0.29) is 24.9 Å². The van der Waals surface area contributed by atoms with Crippen molar-refractivity contribution in [2.75, 3.05) is 11.4 Å². The number of carbonyl (C=O) groups is 1. The molecule has 0 unspecified atom stereocenters. The average molecular weight is 410 g/mol. The second-order valence-electron chi connectivity index (χ2n) is 7.05. The molecule has 0 saturated carbocycles. The molecule has 1 aliphatic heterocycles. The highest BCUT2D eigenvalue weighted by Gasteiger charge is 2.26. The predicted molar refractivity (Wildman–Crippen MR) is 118 cm³/mol. The van der Waals surface area contributed by atoms with E-state index in [1.54, 1.807) is 0 Å². The van der Waals surface area contributed by atoms with Crippen LogP contribution in [0.1, 0.15) is 19.3 Å². The van der Waals surface area contributed by atoms with Crippen molar-refractivity contribution >= 4 is 24.1 Å². The van der Waals surface area contributed by atoms with E-state index in [0.29, 0.717) is 0 Å². The Balaban J connectivity index is 0.00000240. The Bertz CT molecular complexity index is 944. The summed E-state index contributed by atoms with van der Waals surface area (Å²) in [7, 11) is 0. The number of benzene rings is 3. The topological polar surface area (TPSA) is 49.8 Å². The summed E-state index contributed by atoms with van der Waals surface area (Å²) < 4.78 is 6.16. The van der Waals surface area contributed by atoms with Crippen LogP contribution in [0.4, 0.5) is 5.69 Å². The Morgan fingerprint density at radius 3 is 2.38 bits per heavy atom. The summed E-state index contributed by atoms with van der Waals surface area (Å²) in [6, 6.07) is 26.2. The van der Waals surface area contributed by atoms with Gasteiger partial charge in [-0.05, 0) is 48.7 Å². The van der Waals surface area contributed by atoms with Crippen LogP contribution < -0.4 is 9.64 Å². The summed E-state index contributed by atoms with van der Waals surface area (Å²) in [6.45, 7) is 0.898. The molecule has 4 rings (SSSR count). The number of carboxylic acids is 1. The minimum atomic E-state index is -0.741. The van der Waals surface area contributed by atoms with Gasteiger partial charge in [0, 0.05) is 23.8 Å². The van der Waals surface area contributed by atoms with Gasteiger partial charge in [-0.2, -0.15) is 0 Å². The van der Waals surface area contributed by atoms with E-state index in [2.05, 4.69) is 23.1 Å². The molecule has 1 saturated heterocycles. The standard InChI is InChI=1S/C24H23NO3.ClH/c26-24(27)17-20-9-6-16-25(20)19-12-14-21(15-13-19)28-23-11-5-4-10-22(23)18-7-2-1-3-8-18;/h1-5,7-8,10-15,20H,6,9,16-17H2,(H,26,27);1H/t20-;/m0./s1. The first-order chi connectivity index (χ1) is 13.7. The maximum Gasteiger partial charge on any atom is 0.305 e. The zero-order valence-corrected chi connectivity index (χ0v) is 16.8. The van der Waals surface area contributed by atoms with Crippen molar-refractivity contribution in [3.05, 3.63) is 78.9 Å². The van der Waals surface area contributed by atoms with Crippen molar-refractivity contribution in [1.29, 1.82) is 0 Å². The summed E-state index contributed by atoms with van der Waals surface area (Å²) in [6.07, 6.45) is 2.14. The van der Waals surface area contributed by atoms with Crippen LogP contribution >= 0.6 is 12.4 Å². The lowest BCUT2D eigenvalue weighted by molar-refractivity contribution is -0.137. The lowest BCUT2D eigenvalue weighted by Crippen LogP contribution is -2.31. The van der Waals surface area contributed by atoms with E-state index < -0.39 is 5.97 Å². The van der Waals surface area contributed by atoms with Crippen molar-refractivity contribution in [2.45, 2.75) is 25.3 Å². The van der Waals surface area contributed by atoms with Crippen molar-refractivity contribution in [3.8, 4) is 22.6 Å². The van der Waals surface area contributed by atoms with Gasteiger partial charge in [0.05, 0.1) is 6.42 Å². The number of anilines is 1. The fraction of sp³-hybridized carbons (Fsp3) is 0.208. The highest BCUT2D eigenvalue weighted by atomic mass is 35.5. The molecule has 1 fully saturated rings. The fourth-order valence-electron chi connectivity index (χ4n) is 3.83. The van der Waals surface area contributed by atoms with Gasteiger partial charge in [-0.3, -0.25) is 4.79 Å². The molecule has 1 N–H and O–H groups in total. The zero-order chi connectivity index (χ0) is 19.3. The van der Waals surface area contributed by atoms with E-state index in [4.69, 9.17) is 9.84 Å². The molecule has 0 amide bonds. The van der Waals surface area contributed by atoms with Crippen LogP contribution in [-0.2, 0) is 4.79 Å². The molecule has 3 aromatic carbocycles. The molecule has 0 bridgehead atoms. The van der Waals surface area contributed by atoms with E-state index in [0.717, 1.165) is 47.7 Å². The number of halogens is 1. The number of ether oxygens (including phenoxy) is 1. The number of hydrogen-bond donors (Lipinski definition) is 1. The molecule has 0 radical (unpaired) electrons. The fourth-order valence-corrected chi connectivity index (χ4v) is 3.83. The number of aliphatic carboxylic acids is 1. The molecule has 3 aromatic rings. The lowest BCUT2D eigenvalue weighted by atomic mass is 10.0. The number of para-hydroxylation sites is 1. The third-order valence-electron chi connectivity index (χ3n) is 5.16. The van der Waals surface area contributed by atoms with Crippen LogP contribution in [0.3, 0.4) is 0 Å². The van der Waals surface area contributed by atoms with Gasteiger partial charge in [0.15, 0.2) is 0 Å². The van der Waals surface area contributed by atoms with Gasteiger partial charge in [0.25, 0.3) is 0 Å². The molecule has 1 atom stereocenters. The smallest absolute Gasteiger partial charge is 0.305 e. The molecule has 0 aromatic heterocycles. The maximum absolute atomic E-state index is 11.1. The van der Waals surface area contributed by atoms with Crippen LogP contribution in [-0.4, -0.2) is 23.7 Å². The average Bonchev–Trinajstić information content (AvgIpc) is 3.17. The highest BCUT2D eigenvalue weighted by molar-refractivity contribution is 5.85. The normalized spacial score (nSPS) is 15.6. The second-order valence-corrected chi connectivity index (χ2v) is 7.05. The lowest BCUT2D eigenvalue weighted by Gasteiger charge is -2.25. The van der Waals surface area contributed by atoms with E-state index in [1.807, 2.05) is 60.7 Å². The van der Waals surface area contributed by atoms with Crippen molar-refractivity contribution in [3.63, 3.8) is 0 Å². The molecule has 0 aliphatic carbocycles. The first kappa shape index (κ1) is 20.7. The van der Waals surface area contributed by atoms with Crippen LogP contribution in [0.25, 0.3) is 11.1 Å². The molecule has 150 valence electrons. The number of rotatable bonds is 6. The second kappa shape index (κ2) is 9.48. The number of nitrogens with zero attached hydrogens (tertiary/aromatic N) is 1. The molecule has 0 spiro atoms. The monoisotopic (exact) mass is 409 g/mol. The Kier molecular flexibility index (Phi) is 6.78. The minimum Gasteiger partial charge on any atom is -0.481 e. The number of hydrogen-bond acceptors (Lipinski definition) is 3. The SMILES string of the molecule is Cl.O=C(O)C[C@@H]1CCCN1c1ccc(Oc2ccccc2-c2ccccc2)cc1. The Morgan fingerprint density at radius 2 is 1.66 bits per heavy atom. The Hall–Kier alpha value is -2.98. The van der Waals surface area contributed by atoms with Gasteiger partial charge >= 0.3 is 5.97 Å². The Morgan fingerprint density at radius 1 is 0.966 bits per heavy atom. The Labute approximate surface area is 177 Å². The third-order valence-corrected chi connectivity index (χ3v) is 5.16. The van der Waals surface area contributed by atoms with Crippen LogP contribution in [0.15, 0.2) is 78.9 Å². The summed E-state index contributed by atoms with van der Waals surface area (Å²) in [5, 5.41) is 9.12. The summed E-state index contributed by atoms with van der Waals surface area (Å²) in [4.78, 5) is 13.3. The van der Waals surface area contributed by atoms with Crippen LogP contribution in [0.5, 0.6) is 11.5 Å². The van der Waals surface area contributed by atoms with Gasteiger partial charge < -0.3 is 14.7 Å². The van der Waals surface area contributed by atoms with E-state index in [1.165, 1.54) is 0 Å². The predicted octanol–water partition coefficient (Wildman–Crippen LogP) is 6.01. The molecule has 4 nitrogen and oxygen atoms in total. The molecular formula is C24H24ClNO3. The number of carboxylic acid groups (broad SMARTS) is 1. The van der Waals surface area contributed by atoms with Crippen molar-refractivity contribution in [2.24, 2.45) is 0 Å². The molecule has 29 heavy (non-hydrogen) atoms. The van der Waals surface area contributed by atoms with Crippen LogP contribution in [0.2, 0.25) is 0 Å². The summed E-state index contributed by atoms with van der Waals surface area (Å²) >= 11 is 0. The molecular weight excluding hydrogens is 386 g/mol. The van der Waals surface area contributed by atoms with Crippen molar-refractivity contribution in [1.82, 2.24) is 0 Å². The van der Waals surface area contributed by atoms with Crippen molar-refractivity contribution < 1.29 is 14.6 Å². The highest BCUT2D eigenvalue weighted by Crippen LogP contribution is 2.34. The van der Waals surface area contributed by atoms with Gasteiger partial charge in [0.1, 0.15) is 11.5 Å². The quantitative estimate of drug-likeness (QED) is 0.541. The van der Waals surface area contributed by atoms with Gasteiger partial charge in [-0.25, -0.2) is 0 Å². The zero-order valence-electron chi connectivity index (χ0n) is 16.0. The molecule has 1 heterocycles. The molecule has 1 aliphatic rings. The van der Waals surface area contributed by atoms with E-state index >= 15 is 0 Å². The van der Waals surface area contributed by atoms with Gasteiger partial charge in [0.2, 0.25) is 0 Å². The largest absolute Gasteiger partial charge is 0.481 e. The molecule has 5 heteroatoms. The minimum absolute atomic E-state index is 0. The van der Waals surface area contributed by atoms with Gasteiger partial charge in [-0.1, -0.05) is 48.5 Å². The summed E-state index contributed by atoms with van der Waals surface area (Å²) in [5.41, 5.74) is 3.21.